The topological polar surface area (TPSA) is 110 Å². The number of carbonyl (C=O) groups is 2. The van der Waals surface area contributed by atoms with Crippen LogP contribution in [0.5, 0.6) is 0 Å². The van der Waals surface area contributed by atoms with Crippen LogP contribution in [0.1, 0.15) is 18.4 Å². The van der Waals surface area contributed by atoms with Gasteiger partial charge in [0, 0.05) is 41.4 Å². The number of H-pyrrole nitrogens is 1. The summed E-state index contributed by atoms with van der Waals surface area (Å²) in [7, 11) is 0. The molecule has 2 amide bonds. The summed E-state index contributed by atoms with van der Waals surface area (Å²) in [6, 6.07) is 16.2. The van der Waals surface area contributed by atoms with E-state index in [1.54, 1.807) is 4.90 Å². The Morgan fingerprint density at radius 3 is 2.85 bits per heavy atom. The fourth-order valence-corrected chi connectivity index (χ4v) is 5.30. The second-order valence-electron chi connectivity index (χ2n) is 8.60. The Hall–Kier alpha value is -3.59. The quantitative estimate of drug-likeness (QED) is 0.416. The van der Waals surface area contributed by atoms with Crippen LogP contribution in [0.25, 0.3) is 28.0 Å². The van der Waals surface area contributed by atoms with Gasteiger partial charge in [-0.05, 0) is 43.5 Å². The standard InChI is InChI=1S/C25H26N6O2S/c1-16-6-4-8-18(12-16)31-24(20-13-27-21-10-3-2-9-19(20)21)28-29-25(31)34-15-22(32)30-11-5-7-17(14-30)23(26)33/h2-4,6,8-10,12-13,17,27H,5,7,11,14-15H2,1H3,(H2,26,33). The molecule has 174 valence electrons. The molecule has 4 aromatic rings. The first kappa shape index (κ1) is 22.2. The summed E-state index contributed by atoms with van der Waals surface area (Å²) in [5, 5.41) is 10.7. The number of piperidine rings is 1. The fraction of sp³-hybridized carbons (Fsp3) is 0.280. The lowest BCUT2D eigenvalue weighted by Gasteiger charge is -2.31. The lowest BCUT2D eigenvalue weighted by molar-refractivity contribution is -0.132. The van der Waals surface area contributed by atoms with Gasteiger partial charge in [-0.3, -0.25) is 14.2 Å². The fourth-order valence-electron chi connectivity index (χ4n) is 4.45. The van der Waals surface area contributed by atoms with Crippen molar-refractivity contribution >= 4 is 34.5 Å². The average Bonchev–Trinajstić information content (AvgIpc) is 3.46. The predicted octanol–water partition coefficient (Wildman–Crippen LogP) is 3.54. The molecule has 0 radical (unpaired) electrons. The van der Waals surface area contributed by atoms with Gasteiger partial charge in [0.25, 0.3) is 0 Å². The number of rotatable bonds is 6. The Kier molecular flexibility index (Phi) is 6.10. The minimum atomic E-state index is -0.340. The van der Waals surface area contributed by atoms with E-state index in [2.05, 4.69) is 27.3 Å². The number of aromatic amines is 1. The number of aromatic nitrogens is 4. The highest BCUT2D eigenvalue weighted by atomic mass is 32.2. The number of amides is 2. The molecule has 0 aliphatic carbocycles. The number of aryl methyl sites for hydroxylation is 1. The molecule has 2 aromatic carbocycles. The molecule has 0 saturated carbocycles. The smallest absolute Gasteiger partial charge is 0.233 e. The third-order valence-electron chi connectivity index (χ3n) is 6.22. The summed E-state index contributed by atoms with van der Waals surface area (Å²) in [4.78, 5) is 29.6. The van der Waals surface area contributed by atoms with Gasteiger partial charge >= 0.3 is 0 Å². The summed E-state index contributed by atoms with van der Waals surface area (Å²) < 4.78 is 2.00. The van der Waals surface area contributed by atoms with Crippen LogP contribution in [0.2, 0.25) is 0 Å². The van der Waals surface area contributed by atoms with Crippen LogP contribution < -0.4 is 5.73 Å². The van der Waals surface area contributed by atoms with Crippen molar-refractivity contribution in [3.05, 3.63) is 60.3 Å². The zero-order chi connectivity index (χ0) is 23.7. The van der Waals surface area contributed by atoms with E-state index in [0.717, 1.165) is 40.6 Å². The number of thioether (sulfide) groups is 1. The number of benzene rings is 2. The van der Waals surface area contributed by atoms with Gasteiger partial charge in [-0.25, -0.2) is 0 Å². The number of nitrogens with two attached hydrogens (primary N) is 1. The summed E-state index contributed by atoms with van der Waals surface area (Å²) >= 11 is 1.35. The molecule has 5 rings (SSSR count). The van der Waals surface area contributed by atoms with E-state index in [1.165, 1.54) is 11.8 Å². The number of likely N-dealkylation sites (tertiary alicyclic amines) is 1. The highest BCUT2D eigenvalue weighted by Crippen LogP contribution is 2.33. The lowest BCUT2D eigenvalue weighted by atomic mass is 9.97. The number of para-hydroxylation sites is 1. The number of hydrogen-bond acceptors (Lipinski definition) is 5. The van der Waals surface area contributed by atoms with Crippen molar-refractivity contribution in [2.75, 3.05) is 18.8 Å². The molecule has 0 bridgehead atoms. The number of primary amides is 1. The van der Waals surface area contributed by atoms with Crippen molar-refractivity contribution in [2.24, 2.45) is 11.7 Å². The maximum Gasteiger partial charge on any atom is 0.233 e. The zero-order valence-electron chi connectivity index (χ0n) is 18.9. The van der Waals surface area contributed by atoms with Gasteiger partial charge < -0.3 is 15.6 Å². The Labute approximate surface area is 201 Å². The van der Waals surface area contributed by atoms with Crippen LogP contribution in [0.15, 0.2) is 59.9 Å². The molecule has 1 aliphatic heterocycles. The minimum Gasteiger partial charge on any atom is -0.369 e. The third-order valence-corrected chi connectivity index (χ3v) is 7.14. The molecule has 9 heteroatoms. The van der Waals surface area contributed by atoms with Crippen molar-refractivity contribution in [3.8, 4) is 17.1 Å². The van der Waals surface area contributed by atoms with Crippen molar-refractivity contribution in [3.63, 3.8) is 0 Å². The summed E-state index contributed by atoms with van der Waals surface area (Å²) in [6.07, 6.45) is 3.47. The van der Waals surface area contributed by atoms with Gasteiger partial charge in [0.1, 0.15) is 0 Å². The highest BCUT2D eigenvalue weighted by molar-refractivity contribution is 7.99. The molecule has 0 spiro atoms. The van der Waals surface area contributed by atoms with Gasteiger partial charge in [-0.2, -0.15) is 0 Å². The summed E-state index contributed by atoms with van der Waals surface area (Å²) in [6.45, 7) is 3.08. The Balaban J connectivity index is 1.46. The number of hydrogen-bond donors (Lipinski definition) is 2. The minimum absolute atomic E-state index is 0.0246. The van der Waals surface area contributed by atoms with Crippen LogP contribution in [0.4, 0.5) is 0 Å². The molecular formula is C25H26N6O2S. The van der Waals surface area contributed by atoms with Gasteiger partial charge in [-0.1, -0.05) is 42.1 Å². The Morgan fingerprint density at radius 2 is 2.03 bits per heavy atom. The van der Waals surface area contributed by atoms with E-state index in [9.17, 15) is 9.59 Å². The van der Waals surface area contributed by atoms with Crippen molar-refractivity contribution in [1.82, 2.24) is 24.6 Å². The van der Waals surface area contributed by atoms with E-state index >= 15 is 0 Å². The molecule has 3 N–H and O–H groups in total. The van der Waals surface area contributed by atoms with E-state index in [1.807, 2.05) is 54.1 Å². The average molecular weight is 475 g/mol. The van der Waals surface area contributed by atoms with Crippen LogP contribution in [0, 0.1) is 12.8 Å². The van der Waals surface area contributed by atoms with Crippen LogP contribution in [0.3, 0.4) is 0 Å². The van der Waals surface area contributed by atoms with Gasteiger partial charge in [0.15, 0.2) is 11.0 Å². The van der Waals surface area contributed by atoms with Gasteiger partial charge in [0.05, 0.1) is 11.7 Å². The SMILES string of the molecule is Cc1cccc(-n2c(SCC(=O)N3CCCC(C(N)=O)C3)nnc2-c2c[nH]c3ccccc23)c1. The molecule has 1 saturated heterocycles. The molecule has 1 unspecified atom stereocenters. The second kappa shape index (κ2) is 9.34. The van der Waals surface area contributed by atoms with Crippen LogP contribution >= 0.6 is 11.8 Å². The van der Waals surface area contributed by atoms with Crippen molar-refractivity contribution in [2.45, 2.75) is 24.9 Å². The van der Waals surface area contributed by atoms with Crippen LogP contribution in [-0.4, -0.2) is 55.3 Å². The number of nitrogens with one attached hydrogen (secondary N) is 1. The van der Waals surface area contributed by atoms with Crippen LogP contribution in [-0.2, 0) is 9.59 Å². The van der Waals surface area contributed by atoms with E-state index in [0.29, 0.717) is 24.1 Å². The predicted molar refractivity (Wildman–Crippen MR) is 133 cm³/mol. The maximum atomic E-state index is 12.9. The second-order valence-corrected chi connectivity index (χ2v) is 9.54. The van der Waals surface area contributed by atoms with Crippen molar-refractivity contribution in [1.29, 1.82) is 0 Å². The van der Waals surface area contributed by atoms with E-state index in [4.69, 9.17) is 5.73 Å². The molecule has 2 aromatic heterocycles. The van der Waals surface area contributed by atoms with E-state index in [-0.39, 0.29) is 23.5 Å². The number of carbonyl (C=O) groups excluding carboxylic acids is 2. The maximum absolute atomic E-state index is 12.9. The first-order chi connectivity index (χ1) is 16.5. The monoisotopic (exact) mass is 474 g/mol. The highest BCUT2D eigenvalue weighted by Gasteiger charge is 2.27. The summed E-state index contributed by atoms with van der Waals surface area (Å²) in [5.41, 5.74) is 9.50. The third kappa shape index (κ3) is 4.31. The molecule has 1 atom stereocenters. The van der Waals surface area contributed by atoms with Crippen molar-refractivity contribution < 1.29 is 9.59 Å². The first-order valence-electron chi connectivity index (χ1n) is 11.3. The molecule has 1 aliphatic rings. The Bertz CT molecular complexity index is 1360. The Morgan fingerprint density at radius 1 is 1.18 bits per heavy atom. The van der Waals surface area contributed by atoms with Gasteiger partial charge in [-0.15, -0.1) is 10.2 Å². The van der Waals surface area contributed by atoms with Gasteiger partial charge in [0.2, 0.25) is 11.8 Å². The molecule has 3 heterocycles. The lowest BCUT2D eigenvalue weighted by Crippen LogP contribution is -2.44. The molecule has 8 nitrogen and oxygen atoms in total. The number of fused-ring (bicyclic) bond motifs is 1. The number of nitrogens with zero attached hydrogens (tertiary/aromatic N) is 4. The summed E-state index contributed by atoms with van der Waals surface area (Å²) in [5.74, 6) is 0.288. The zero-order valence-corrected chi connectivity index (χ0v) is 19.7. The first-order valence-corrected chi connectivity index (χ1v) is 12.3. The molecular weight excluding hydrogens is 448 g/mol. The molecule has 34 heavy (non-hydrogen) atoms. The van der Waals surface area contributed by atoms with E-state index < -0.39 is 0 Å². The molecule has 1 fully saturated rings. The normalized spacial score (nSPS) is 16.1. The largest absolute Gasteiger partial charge is 0.369 e.